The van der Waals surface area contributed by atoms with Gasteiger partial charge in [-0.3, -0.25) is 9.59 Å². The quantitative estimate of drug-likeness (QED) is 0.859. The van der Waals surface area contributed by atoms with E-state index in [1.165, 1.54) is 0 Å². The summed E-state index contributed by atoms with van der Waals surface area (Å²) in [5.41, 5.74) is 1.72. The van der Waals surface area contributed by atoms with Crippen molar-refractivity contribution in [3.8, 4) is 11.5 Å². The molecule has 2 aromatic rings. The molecule has 25 heavy (non-hydrogen) atoms. The maximum Gasteiger partial charge on any atom is 0.227 e. The normalized spacial score (nSPS) is 16.8. The molecule has 1 aromatic heterocycles. The molecule has 1 aliphatic heterocycles. The molecule has 7 heteroatoms. The van der Waals surface area contributed by atoms with Crippen LogP contribution in [0.5, 0.6) is 11.5 Å². The fraction of sp³-hybridized carbons (Fsp3) is 0.333. The van der Waals surface area contributed by atoms with E-state index < -0.39 is 0 Å². The highest BCUT2D eigenvalue weighted by Crippen LogP contribution is 2.35. The van der Waals surface area contributed by atoms with Gasteiger partial charge in [-0.15, -0.1) is 0 Å². The van der Waals surface area contributed by atoms with E-state index in [4.69, 9.17) is 9.47 Å². The lowest BCUT2D eigenvalue weighted by Gasteiger charge is -2.20. The highest BCUT2D eigenvalue weighted by molar-refractivity contribution is 7.07. The van der Waals surface area contributed by atoms with Gasteiger partial charge in [0.05, 0.1) is 25.8 Å². The standard InChI is InChI=1S/C18H20N2O4S/c1-23-14-3-4-15(16(8-14)24-2)20-10-13(7-17(20)21)18(22)19-9-12-5-6-25-11-12/h3-6,8,11,13H,7,9-10H2,1-2H3,(H,19,22). The molecule has 1 unspecified atom stereocenters. The highest BCUT2D eigenvalue weighted by Gasteiger charge is 2.36. The molecule has 0 bridgehead atoms. The van der Waals surface area contributed by atoms with Crippen LogP contribution in [0.3, 0.4) is 0 Å². The molecule has 1 N–H and O–H groups in total. The van der Waals surface area contributed by atoms with E-state index in [2.05, 4.69) is 5.32 Å². The highest BCUT2D eigenvalue weighted by atomic mass is 32.1. The Balaban J connectivity index is 1.69. The van der Waals surface area contributed by atoms with Gasteiger partial charge in [-0.05, 0) is 34.5 Å². The molecule has 1 fully saturated rings. The number of nitrogens with zero attached hydrogens (tertiary/aromatic N) is 1. The van der Waals surface area contributed by atoms with Gasteiger partial charge in [-0.2, -0.15) is 11.3 Å². The Morgan fingerprint density at radius 3 is 2.84 bits per heavy atom. The third kappa shape index (κ3) is 3.76. The number of rotatable bonds is 6. The number of anilines is 1. The van der Waals surface area contributed by atoms with Gasteiger partial charge in [0.25, 0.3) is 0 Å². The second-order valence-corrected chi connectivity index (χ2v) is 6.57. The molecule has 0 spiro atoms. The molecular weight excluding hydrogens is 340 g/mol. The first-order valence-corrected chi connectivity index (χ1v) is 8.88. The van der Waals surface area contributed by atoms with Gasteiger partial charge in [-0.1, -0.05) is 0 Å². The number of hydrogen-bond acceptors (Lipinski definition) is 5. The fourth-order valence-corrected chi connectivity index (χ4v) is 3.52. The molecule has 0 radical (unpaired) electrons. The zero-order valence-electron chi connectivity index (χ0n) is 14.2. The molecule has 132 valence electrons. The average molecular weight is 360 g/mol. The van der Waals surface area contributed by atoms with E-state index in [1.807, 2.05) is 16.8 Å². The largest absolute Gasteiger partial charge is 0.497 e. The second-order valence-electron chi connectivity index (χ2n) is 5.79. The lowest BCUT2D eigenvalue weighted by atomic mass is 10.1. The van der Waals surface area contributed by atoms with Crippen molar-refractivity contribution in [1.29, 1.82) is 0 Å². The van der Waals surface area contributed by atoms with Crippen LogP contribution in [0, 0.1) is 5.92 Å². The van der Waals surface area contributed by atoms with Gasteiger partial charge in [0.1, 0.15) is 11.5 Å². The predicted molar refractivity (Wildman–Crippen MR) is 96.2 cm³/mol. The van der Waals surface area contributed by atoms with Crippen LogP contribution >= 0.6 is 11.3 Å². The minimum Gasteiger partial charge on any atom is -0.497 e. The fourth-order valence-electron chi connectivity index (χ4n) is 2.85. The molecule has 3 rings (SSSR count). The Labute approximate surface area is 150 Å². The minimum atomic E-state index is -0.363. The summed E-state index contributed by atoms with van der Waals surface area (Å²) in [6.45, 7) is 0.829. The number of methoxy groups -OCH3 is 2. The lowest BCUT2D eigenvalue weighted by molar-refractivity contribution is -0.126. The molecule has 1 aliphatic rings. The third-order valence-corrected chi connectivity index (χ3v) is 4.95. The number of amides is 2. The van der Waals surface area contributed by atoms with Crippen LogP contribution in [0.4, 0.5) is 5.69 Å². The zero-order valence-corrected chi connectivity index (χ0v) is 15.0. The van der Waals surface area contributed by atoms with Gasteiger partial charge in [-0.25, -0.2) is 0 Å². The van der Waals surface area contributed by atoms with Crippen LogP contribution in [0.15, 0.2) is 35.0 Å². The molecule has 1 saturated heterocycles. The molecule has 0 saturated carbocycles. The Bertz CT molecular complexity index is 760. The topological polar surface area (TPSA) is 67.9 Å². The average Bonchev–Trinajstić information content (AvgIpc) is 3.28. The number of nitrogens with one attached hydrogen (secondary N) is 1. The number of carbonyl (C=O) groups is 2. The Morgan fingerprint density at radius 1 is 1.32 bits per heavy atom. The summed E-state index contributed by atoms with van der Waals surface area (Å²) in [5, 5.41) is 6.87. The minimum absolute atomic E-state index is 0.0841. The molecule has 6 nitrogen and oxygen atoms in total. The van der Waals surface area contributed by atoms with Crippen LogP contribution < -0.4 is 19.7 Å². The third-order valence-electron chi connectivity index (χ3n) is 4.22. The first-order valence-electron chi connectivity index (χ1n) is 7.93. The molecule has 2 heterocycles. The number of ether oxygens (including phenoxy) is 2. The van der Waals surface area contributed by atoms with Crippen LogP contribution in [-0.2, 0) is 16.1 Å². The van der Waals surface area contributed by atoms with E-state index in [9.17, 15) is 9.59 Å². The first-order chi connectivity index (χ1) is 12.1. The Morgan fingerprint density at radius 2 is 2.16 bits per heavy atom. The number of benzene rings is 1. The van der Waals surface area contributed by atoms with E-state index >= 15 is 0 Å². The summed E-state index contributed by atoms with van der Waals surface area (Å²) >= 11 is 1.59. The van der Waals surface area contributed by atoms with Gasteiger partial charge < -0.3 is 19.7 Å². The van der Waals surface area contributed by atoms with Gasteiger partial charge in [0.2, 0.25) is 11.8 Å². The summed E-state index contributed by atoms with van der Waals surface area (Å²) < 4.78 is 10.5. The van der Waals surface area contributed by atoms with Crippen molar-refractivity contribution in [2.75, 3.05) is 25.7 Å². The Hall–Kier alpha value is -2.54. The van der Waals surface area contributed by atoms with Gasteiger partial charge in [0, 0.05) is 25.6 Å². The smallest absolute Gasteiger partial charge is 0.227 e. The lowest BCUT2D eigenvalue weighted by Crippen LogP contribution is -2.32. The number of hydrogen-bond donors (Lipinski definition) is 1. The van der Waals surface area contributed by atoms with Crippen molar-refractivity contribution < 1.29 is 19.1 Å². The van der Waals surface area contributed by atoms with Crippen molar-refractivity contribution in [2.24, 2.45) is 5.92 Å². The summed E-state index contributed by atoms with van der Waals surface area (Å²) in [4.78, 5) is 26.4. The molecule has 0 aliphatic carbocycles. The maximum absolute atomic E-state index is 12.4. The summed E-state index contributed by atoms with van der Waals surface area (Å²) in [7, 11) is 3.12. The summed E-state index contributed by atoms with van der Waals surface area (Å²) in [6.07, 6.45) is 0.199. The second kappa shape index (κ2) is 7.57. The summed E-state index contributed by atoms with van der Waals surface area (Å²) in [5.74, 6) is 0.649. The van der Waals surface area contributed by atoms with E-state index in [0.717, 1.165) is 5.56 Å². The van der Waals surface area contributed by atoms with Crippen LogP contribution in [0.2, 0.25) is 0 Å². The van der Waals surface area contributed by atoms with Crippen molar-refractivity contribution >= 4 is 28.8 Å². The van der Waals surface area contributed by atoms with Gasteiger partial charge >= 0.3 is 0 Å². The zero-order chi connectivity index (χ0) is 17.8. The van der Waals surface area contributed by atoms with Gasteiger partial charge in [0.15, 0.2) is 0 Å². The van der Waals surface area contributed by atoms with Crippen molar-refractivity contribution in [2.45, 2.75) is 13.0 Å². The van der Waals surface area contributed by atoms with Crippen molar-refractivity contribution in [1.82, 2.24) is 5.32 Å². The van der Waals surface area contributed by atoms with Crippen LogP contribution in [0.1, 0.15) is 12.0 Å². The predicted octanol–water partition coefficient (Wildman–Crippen LogP) is 2.43. The SMILES string of the molecule is COc1ccc(N2CC(C(=O)NCc3ccsc3)CC2=O)c(OC)c1. The number of carbonyl (C=O) groups excluding carboxylic acids is 2. The van der Waals surface area contributed by atoms with Crippen LogP contribution in [0.25, 0.3) is 0 Å². The Kier molecular flexibility index (Phi) is 5.23. The van der Waals surface area contributed by atoms with E-state index in [0.29, 0.717) is 30.3 Å². The maximum atomic E-state index is 12.4. The summed E-state index contributed by atoms with van der Waals surface area (Å²) in [6, 6.07) is 7.25. The van der Waals surface area contributed by atoms with Crippen molar-refractivity contribution in [3.05, 3.63) is 40.6 Å². The molecule has 1 atom stereocenters. The molecule has 2 amide bonds. The van der Waals surface area contributed by atoms with E-state index in [-0.39, 0.29) is 24.2 Å². The number of thiophene rings is 1. The van der Waals surface area contributed by atoms with Crippen LogP contribution in [-0.4, -0.2) is 32.6 Å². The monoisotopic (exact) mass is 360 g/mol. The van der Waals surface area contributed by atoms with Crippen molar-refractivity contribution in [3.63, 3.8) is 0 Å². The molecule has 1 aromatic carbocycles. The van der Waals surface area contributed by atoms with E-state index in [1.54, 1.807) is 48.7 Å². The first kappa shape index (κ1) is 17.3. The molecular formula is C18H20N2O4S.